The molecule has 0 saturated carbocycles. The van der Waals surface area contributed by atoms with Gasteiger partial charge in [-0.2, -0.15) is 0 Å². The lowest BCUT2D eigenvalue weighted by atomic mass is 10.1. The molecule has 0 fully saturated rings. The highest BCUT2D eigenvalue weighted by atomic mass is 15.1. The van der Waals surface area contributed by atoms with E-state index in [1.54, 1.807) is 0 Å². The van der Waals surface area contributed by atoms with Gasteiger partial charge in [0.1, 0.15) is 5.82 Å². The van der Waals surface area contributed by atoms with Crippen LogP contribution in [0.15, 0.2) is 24.3 Å². The molecule has 0 amide bonds. The molecule has 2 aromatic rings. The Morgan fingerprint density at radius 3 is 2.80 bits per heavy atom. The smallest absolute Gasteiger partial charge is 0.112 e. The molecular formula is C12H17N3. The SMILES string of the molecule is CC(CCN)c1nc2ccccc2n1C. The van der Waals surface area contributed by atoms with Crippen LogP contribution in [0, 0.1) is 0 Å². The Balaban J connectivity index is 2.48. The summed E-state index contributed by atoms with van der Waals surface area (Å²) in [5.41, 5.74) is 7.83. The van der Waals surface area contributed by atoms with E-state index >= 15 is 0 Å². The number of aryl methyl sites for hydroxylation is 1. The van der Waals surface area contributed by atoms with Crippen LogP contribution in [0.4, 0.5) is 0 Å². The number of fused-ring (bicyclic) bond motifs is 1. The molecule has 1 atom stereocenters. The van der Waals surface area contributed by atoms with Gasteiger partial charge in [-0.15, -0.1) is 0 Å². The van der Waals surface area contributed by atoms with E-state index in [9.17, 15) is 0 Å². The Kier molecular flexibility index (Phi) is 2.73. The molecule has 0 aliphatic carbocycles. The first-order valence-corrected chi connectivity index (χ1v) is 5.35. The second-order valence-electron chi connectivity index (χ2n) is 4.00. The van der Waals surface area contributed by atoms with Crippen LogP contribution >= 0.6 is 0 Å². The van der Waals surface area contributed by atoms with E-state index in [2.05, 4.69) is 29.6 Å². The van der Waals surface area contributed by atoms with Gasteiger partial charge in [0, 0.05) is 13.0 Å². The van der Waals surface area contributed by atoms with Crippen LogP contribution in [0.3, 0.4) is 0 Å². The van der Waals surface area contributed by atoms with Gasteiger partial charge in [0.2, 0.25) is 0 Å². The van der Waals surface area contributed by atoms with Crippen molar-refractivity contribution in [2.24, 2.45) is 12.8 Å². The van der Waals surface area contributed by atoms with Gasteiger partial charge in [0.25, 0.3) is 0 Å². The number of rotatable bonds is 3. The van der Waals surface area contributed by atoms with Crippen LogP contribution in [0.5, 0.6) is 0 Å². The van der Waals surface area contributed by atoms with Crippen LogP contribution in [-0.2, 0) is 7.05 Å². The van der Waals surface area contributed by atoms with E-state index in [1.807, 2.05) is 18.2 Å². The number of imidazole rings is 1. The molecule has 3 heteroatoms. The fourth-order valence-electron chi connectivity index (χ4n) is 1.98. The van der Waals surface area contributed by atoms with E-state index in [-0.39, 0.29) is 0 Å². The van der Waals surface area contributed by atoms with Crippen molar-refractivity contribution >= 4 is 11.0 Å². The van der Waals surface area contributed by atoms with Gasteiger partial charge in [-0.05, 0) is 25.1 Å². The van der Waals surface area contributed by atoms with Gasteiger partial charge in [-0.25, -0.2) is 4.98 Å². The van der Waals surface area contributed by atoms with Crippen molar-refractivity contribution in [3.63, 3.8) is 0 Å². The standard InChI is InChI=1S/C12H17N3/c1-9(7-8-13)12-14-10-5-3-4-6-11(10)15(12)2/h3-6,9H,7-8,13H2,1-2H3. The molecule has 0 bridgehead atoms. The van der Waals surface area contributed by atoms with Gasteiger partial charge in [-0.3, -0.25) is 0 Å². The van der Waals surface area contributed by atoms with Crippen molar-refractivity contribution in [1.82, 2.24) is 9.55 Å². The Morgan fingerprint density at radius 2 is 2.13 bits per heavy atom. The predicted octanol–water partition coefficient (Wildman–Crippen LogP) is 2.03. The molecule has 80 valence electrons. The largest absolute Gasteiger partial charge is 0.331 e. The first kappa shape index (κ1) is 10.2. The molecule has 2 N–H and O–H groups in total. The molecular weight excluding hydrogens is 186 g/mol. The monoisotopic (exact) mass is 203 g/mol. The summed E-state index contributed by atoms with van der Waals surface area (Å²) in [6.07, 6.45) is 0.983. The van der Waals surface area contributed by atoms with Crippen LogP contribution in [0.2, 0.25) is 0 Å². The van der Waals surface area contributed by atoms with Crippen molar-refractivity contribution in [3.05, 3.63) is 30.1 Å². The zero-order valence-electron chi connectivity index (χ0n) is 9.27. The molecule has 0 aliphatic heterocycles. The molecule has 3 nitrogen and oxygen atoms in total. The van der Waals surface area contributed by atoms with Gasteiger partial charge in [0.15, 0.2) is 0 Å². The minimum Gasteiger partial charge on any atom is -0.331 e. The molecule has 1 heterocycles. The summed E-state index contributed by atoms with van der Waals surface area (Å²) in [5.74, 6) is 1.55. The molecule has 0 radical (unpaired) electrons. The first-order valence-electron chi connectivity index (χ1n) is 5.35. The number of para-hydroxylation sites is 2. The Hall–Kier alpha value is -1.35. The second kappa shape index (κ2) is 4.03. The molecule has 0 aliphatic rings. The summed E-state index contributed by atoms with van der Waals surface area (Å²) in [6.45, 7) is 2.89. The number of benzene rings is 1. The van der Waals surface area contributed by atoms with Gasteiger partial charge < -0.3 is 10.3 Å². The normalized spacial score (nSPS) is 13.3. The van der Waals surface area contributed by atoms with Crippen molar-refractivity contribution in [3.8, 4) is 0 Å². The summed E-state index contributed by atoms with van der Waals surface area (Å²) in [4.78, 5) is 4.64. The summed E-state index contributed by atoms with van der Waals surface area (Å²) in [6, 6.07) is 8.21. The van der Waals surface area contributed by atoms with E-state index in [0.29, 0.717) is 12.5 Å². The van der Waals surface area contributed by atoms with E-state index < -0.39 is 0 Å². The fraction of sp³-hybridized carbons (Fsp3) is 0.417. The maximum Gasteiger partial charge on any atom is 0.112 e. The van der Waals surface area contributed by atoms with Crippen LogP contribution in [0.25, 0.3) is 11.0 Å². The van der Waals surface area contributed by atoms with Crippen molar-refractivity contribution in [1.29, 1.82) is 0 Å². The Morgan fingerprint density at radius 1 is 1.40 bits per heavy atom. The lowest BCUT2D eigenvalue weighted by Gasteiger charge is -2.09. The van der Waals surface area contributed by atoms with E-state index in [4.69, 9.17) is 5.73 Å². The second-order valence-corrected chi connectivity index (χ2v) is 4.00. The fourth-order valence-corrected chi connectivity index (χ4v) is 1.98. The quantitative estimate of drug-likeness (QED) is 0.829. The van der Waals surface area contributed by atoms with Crippen molar-refractivity contribution < 1.29 is 0 Å². The predicted molar refractivity (Wildman–Crippen MR) is 62.8 cm³/mol. The minimum absolute atomic E-state index is 0.424. The zero-order chi connectivity index (χ0) is 10.8. The number of hydrogen-bond acceptors (Lipinski definition) is 2. The third-order valence-electron chi connectivity index (χ3n) is 2.86. The van der Waals surface area contributed by atoms with Crippen molar-refractivity contribution in [2.45, 2.75) is 19.3 Å². The van der Waals surface area contributed by atoms with E-state index in [0.717, 1.165) is 17.8 Å². The topological polar surface area (TPSA) is 43.8 Å². The highest BCUT2D eigenvalue weighted by Gasteiger charge is 2.12. The third kappa shape index (κ3) is 1.75. The summed E-state index contributed by atoms with van der Waals surface area (Å²) < 4.78 is 2.16. The molecule has 1 aromatic carbocycles. The minimum atomic E-state index is 0.424. The Bertz CT molecular complexity index is 459. The van der Waals surface area contributed by atoms with Crippen LogP contribution in [-0.4, -0.2) is 16.1 Å². The van der Waals surface area contributed by atoms with Gasteiger partial charge >= 0.3 is 0 Å². The lowest BCUT2D eigenvalue weighted by molar-refractivity contribution is 0.624. The van der Waals surface area contributed by atoms with E-state index in [1.165, 1.54) is 5.52 Å². The zero-order valence-corrected chi connectivity index (χ0v) is 9.27. The van der Waals surface area contributed by atoms with Crippen LogP contribution in [0.1, 0.15) is 25.1 Å². The first-order chi connectivity index (χ1) is 7.24. The number of hydrogen-bond donors (Lipinski definition) is 1. The highest BCUT2D eigenvalue weighted by Crippen LogP contribution is 2.22. The van der Waals surface area contributed by atoms with Crippen molar-refractivity contribution in [2.75, 3.05) is 6.54 Å². The molecule has 15 heavy (non-hydrogen) atoms. The molecule has 0 spiro atoms. The molecule has 1 unspecified atom stereocenters. The summed E-state index contributed by atoms with van der Waals surface area (Å²) in [5, 5.41) is 0. The number of aromatic nitrogens is 2. The lowest BCUT2D eigenvalue weighted by Crippen LogP contribution is -2.08. The average Bonchev–Trinajstić information content (AvgIpc) is 2.57. The molecule has 1 aromatic heterocycles. The molecule has 2 rings (SSSR count). The molecule has 0 saturated heterocycles. The highest BCUT2D eigenvalue weighted by molar-refractivity contribution is 5.75. The summed E-state index contributed by atoms with van der Waals surface area (Å²) >= 11 is 0. The maximum absolute atomic E-state index is 5.57. The van der Waals surface area contributed by atoms with Gasteiger partial charge in [-0.1, -0.05) is 19.1 Å². The average molecular weight is 203 g/mol. The summed E-state index contributed by atoms with van der Waals surface area (Å²) in [7, 11) is 2.07. The maximum atomic E-state index is 5.57. The van der Waals surface area contributed by atoms with Gasteiger partial charge in [0.05, 0.1) is 11.0 Å². The van der Waals surface area contributed by atoms with Crippen LogP contribution < -0.4 is 5.73 Å². The third-order valence-corrected chi connectivity index (χ3v) is 2.86. The Labute approximate surface area is 89.9 Å². The number of nitrogens with two attached hydrogens (primary N) is 1. The number of nitrogens with zero attached hydrogens (tertiary/aromatic N) is 2.